The first kappa shape index (κ1) is 19.5. The molecule has 0 N–H and O–H groups in total. The van der Waals surface area contributed by atoms with Crippen LogP contribution in [-0.2, 0) is 17.9 Å². The average molecular weight is 386 g/mol. The monoisotopic (exact) mass is 386 g/mol. The predicted octanol–water partition coefficient (Wildman–Crippen LogP) is 6.22. The largest absolute Gasteiger partial charge is 0.417 e. The molecule has 3 rings (SSSR count). The molecule has 0 bridgehead atoms. The Hall–Kier alpha value is -2.31. The van der Waals surface area contributed by atoms with E-state index >= 15 is 0 Å². The molecule has 1 nitrogen and oxygen atoms in total. The maximum Gasteiger partial charge on any atom is 0.417 e. The second-order valence-corrected chi connectivity index (χ2v) is 6.62. The van der Waals surface area contributed by atoms with Crippen LogP contribution in [0.2, 0.25) is 0 Å². The van der Waals surface area contributed by atoms with Crippen LogP contribution in [-0.4, -0.2) is 0 Å². The van der Waals surface area contributed by atoms with Crippen LogP contribution in [0.5, 0.6) is 0 Å². The van der Waals surface area contributed by atoms with Crippen molar-refractivity contribution in [2.24, 2.45) is 0 Å². The van der Waals surface area contributed by atoms with Crippen molar-refractivity contribution >= 4 is 5.57 Å². The first-order valence-corrected chi connectivity index (χ1v) is 8.51. The standard InChI is InChI=1S/C20H18F6N/c1-4-18(5-2)12(3)17-14(16-8-6-7-9-27(16)18)10-13(19(21,22)23)11-15(17)20(24,25)26/h6-11H,3-5H2,1-2H3/q+1. The van der Waals surface area contributed by atoms with E-state index in [1.807, 2.05) is 13.8 Å². The smallest absolute Gasteiger partial charge is 0.189 e. The van der Waals surface area contributed by atoms with Gasteiger partial charge in [-0.25, -0.2) is 0 Å². The molecule has 0 atom stereocenters. The number of hydrogen-bond donors (Lipinski definition) is 0. The summed E-state index contributed by atoms with van der Waals surface area (Å²) >= 11 is 0. The van der Waals surface area contributed by atoms with Gasteiger partial charge in [-0.15, -0.1) is 0 Å². The lowest BCUT2D eigenvalue weighted by Gasteiger charge is -2.36. The summed E-state index contributed by atoms with van der Waals surface area (Å²) in [7, 11) is 0. The van der Waals surface area contributed by atoms with E-state index in [-0.39, 0.29) is 22.8 Å². The lowest BCUT2D eigenvalue weighted by atomic mass is 9.73. The van der Waals surface area contributed by atoms with Crippen LogP contribution in [0.3, 0.4) is 0 Å². The van der Waals surface area contributed by atoms with Crippen LogP contribution in [0, 0.1) is 0 Å². The van der Waals surface area contributed by atoms with Crippen LogP contribution < -0.4 is 4.57 Å². The zero-order valence-corrected chi connectivity index (χ0v) is 14.8. The first-order chi connectivity index (χ1) is 12.5. The summed E-state index contributed by atoms with van der Waals surface area (Å²) in [4.78, 5) is 0. The molecule has 1 aromatic carbocycles. The quantitative estimate of drug-likeness (QED) is 0.426. The number of allylic oxidation sites excluding steroid dienone is 1. The molecule has 0 amide bonds. The van der Waals surface area contributed by atoms with E-state index in [1.54, 1.807) is 29.0 Å². The minimum atomic E-state index is -4.93. The minimum absolute atomic E-state index is 0.0970. The van der Waals surface area contributed by atoms with Gasteiger partial charge >= 0.3 is 12.4 Å². The SMILES string of the molecule is C=C1c2c(cc(C(F)(F)F)cc2C(F)(F)F)-c2cccc[n+]2C1(CC)CC. The van der Waals surface area contributed by atoms with Crippen molar-refractivity contribution in [3.05, 3.63) is 59.8 Å². The number of rotatable bonds is 2. The highest BCUT2D eigenvalue weighted by Crippen LogP contribution is 2.50. The third kappa shape index (κ3) is 2.84. The molecule has 0 saturated heterocycles. The van der Waals surface area contributed by atoms with Crippen molar-refractivity contribution in [2.45, 2.75) is 44.6 Å². The summed E-state index contributed by atoms with van der Waals surface area (Å²) in [6.07, 6.45) is -7.22. The van der Waals surface area contributed by atoms with Gasteiger partial charge < -0.3 is 0 Å². The van der Waals surface area contributed by atoms with Crippen molar-refractivity contribution in [2.75, 3.05) is 0 Å². The van der Waals surface area contributed by atoms with E-state index in [4.69, 9.17) is 0 Å². The number of halogens is 6. The Kier molecular flexibility index (Phi) is 4.40. The van der Waals surface area contributed by atoms with Crippen LogP contribution in [0.4, 0.5) is 26.3 Å². The van der Waals surface area contributed by atoms with Gasteiger partial charge in [0.15, 0.2) is 11.7 Å². The molecule has 0 spiro atoms. The first-order valence-electron chi connectivity index (χ1n) is 8.51. The van der Waals surface area contributed by atoms with E-state index in [0.29, 0.717) is 18.5 Å². The maximum atomic E-state index is 13.7. The van der Waals surface area contributed by atoms with Gasteiger partial charge in [0.05, 0.1) is 16.7 Å². The van der Waals surface area contributed by atoms with E-state index < -0.39 is 29.0 Å². The lowest BCUT2D eigenvalue weighted by Crippen LogP contribution is -2.59. The molecular formula is C20H18F6N+. The highest BCUT2D eigenvalue weighted by atomic mass is 19.4. The fourth-order valence-electron chi connectivity index (χ4n) is 3.99. The van der Waals surface area contributed by atoms with Crippen molar-refractivity contribution in [3.8, 4) is 11.3 Å². The van der Waals surface area contributed by atoms with Crippen LogP contribution >= 0.6 is 0 Å². The fourth-order valence-corrected chi connectivity index (χ4v) is 3.99. The van der Waals surface area contributed by atoms with Gasteiger partial charge in [0.2, 0.25) is 5.69 Å². The zero-order valence-electron chi connectivity index (χ0n) is 14.8. The topological polar surface area (TPSA) is 3.88 Å². The Labute approximate surface area is 153 Å². The van der Waals surface area contributed by atoms with E-state index in [1.165, 1.54) is 0 Å². The zero-order chi connectivity index (χ0) is 20.2. The fraction of sp³-hybridized carbons (Fsp3) is 0.350. The van der Waals surface area contributed by atoms with E-state index in [0.717, 1.165) is 6.07 Å². The number of hydrogen-bond acceptors (Lipinski definition) is 0. The average Bonchev–Trinajstić information content (AvgIpc) is 2.60. The predicted molar refractivity (Wildman–Crippen MR) is 89.7 cm³/mol. The van der Waals surface area contributed by atoms with Gasteiger partial charge in [0.25, 0.3) is 0 Å². The van der Waals surface area contributed by atoms with Crippen molar-refractivity contribution in [1.82, 2.24) is 0 Å². The molecule has 1 aliphatic rings. The maximum absolute atomic E-state index is 13.7. The second kappa shape index (κ2) is 6.11. The number of nitrogens with zero attached hydrogens (tertiary/aromatic N) is 1. The molecular weight excluding hydrogens is 368 g/mol. The van der Waals surface area contributed by atoms with Crippen molar-refractivity contribution in [3.63, 3.8) is 0 Å². The van der Waals surface area contributed by atoms with Gasteiger partial charge in [-0.05, 0) is 18.2 Å². The molecule has 0 aliphatic carbocycles. The van der Waals surface area contributed by atoms with Crippen molar-refractivity contribution in [1.29, 1.82) is 0 Å². The lowest BCUT2D eigenvalue weighted by molar-refractivity contribution is -0.741. The van der Waals surface area contributed by atoms with Crippen molar-refractivity contribution < 1.29 is 30.9 Å². The van der Waals surface area contributed by atoms with E-state index in [9.17, 15) is 26.3 Å². The van der Waals surface area contributed by atoms with Gasteiger partial charge in [-0.1, -0.05) is 20.4 Å². The van der Waals surface area contributed by atoms with Gasteiger partial charge in [-0.2, -0.15) is 30.9 Å². The Morgan fingerprint density at radius 3 is 2.11 bits per heavy atom. The molecule has 0 fully saturated rings. The second-order valence-electron chi connectivity index (χ2n) is 6.62. The summed E-state index contributed by atoms with van der Waals surface area (Å²) < 4.78 is 82.8. The molecule has 2 heterocycles. The van der Waals surface area contributed by atoms with E-state index in [2.05, 4.69) is 6.58 Å². The summed E-state index contributed by atoms with van der Waals surface area (Å²) in [6.45, 7) is 7.58. The molecule has 7 heteroatoms. The summed E-state index contributed by atoms with van der Waals surface area (Å²) in [5, 5.41) is 0. The number of benzene rings is 1. The third-order valence-corrected chi connectivity index (χ3v) is 5.40. The highest BCUT2D eigenvalue weighted by molar-refractivity contribution is 5.85. The minimum Gasteiger partial charge on any atom is -0.189 e. The van der Waals surface area contributed by atoms with Gasteiger partial charge in [-0.3, -0.25) is 0 Å². The molecule has 0 saturated carbocycles. The van der Waals surface area contributed by atoms with Gasteiger partial charge in [0, 0.05) is 36.1 Å². The molecule has 0 unspecified atom stereocenters. The van der Waals surface area contributed by atoms with Crippen LogP contribution in [0.25, 0.3) is 16.8 Å². The Balaban J connectivity index is 2.49. The summed E-state index contributed by atoms with van der Waals surface area (Å²) in [5.74, 6) is 0. The number of pyridine rings is 1. The summed E-state index contributed by atoms with van der Waals surface area (Å²) in [5.41, 5.74) is -3.28. The van der Waals surface area contributed by atoms with Crippen LogP contribution in [0.15, 0.2) is 43.1 Å². The highest BCUT2D eigenvalue weighted by Gasteiger charge is 2.51. The Morgan fingerprint density at radius 2 is 1.59 bits per heavy atom. The molecule has 1 aromatic heterocycles. The Bertz CT molecular complexity index is 904. The Morgan fingerprint density at radius 1 is 0.963 bits per heavy atom. The number of aromatic nitrogens is 1. The summed E-state index contributed by atoms with van der Waals surface area (Å²) in [6, 6.07) is 5.84. The molecule has 2 aromatic rings. The number of fused-ring (bicyclic) bond motifs is 3. The normalized spacial score (nSPS) is 16.1. The van der Waals surface area contributed by atoms with Crippen LogP contribution in [0.1, 0.15) is 43.4 Å². The number of alkyl halides is 6. The third-order valence-electron chi connectivity index (χ3n) is 5.40. The molecule has 0 radical (unpaired) electrons. The molecule has 144 valence electrons. The molecule has 1 aliphatic heterocycles. The van der Waals surface area contributed by atoms with Gasteiger partial charge in [0.1, 0.15) is 0 Å². The molecule has 27 heavy (non-hydrogen) atoms.